The number of anilines is 1. The average Bonchev–Trinajstić information content (AvgIpc) is 2.51. The molecule has 1 aromatic carbocycles. The molecule has 0 atom stereocenters. The summed E-state index contributed by atoms with van der Waals surface area (Å²) >= 11 is 0.858. The fourth-order valence-corrected chi connectivity index (χ4v) is 3.27. The van der Waals surface area contributed by atoms with Gasteiger partial charge in [-0.2, -0.15) is 0 Å². The van der Waals surface area contributed by atoms with E-state index in [2.05, 4.69) is 4.98 Å². The Labute approximate surface area is 129 Å². The van der Waals surface area contributed by atoms with Crippen LogP contribution < -0.4 is 4.31 Å². The summed E-state index contributed by atoms with van der Waals surface area (Å²) in [6.07, 6.45) is -1.12. The minimum Gasteiger partial charge on any atom is -0.506 e. The molecule has 0 radical (unpaired) electrons. The molecule has 3 nitrogen and oxygen atoms in total. The van der Waals surface area contributed by atoms with Gasteiger partial charge in [-0.05, 0) is 30.1 Å². The molecule has 0 fully saturated rings. The summed E-state index contributed by atoms with van der Waals surface area (Å²) in [4.78, 5) is 4.23. The van der Waals surface area contributed by atoms with Crippen molar-refractivity contribution < 1.29 is 18.3 Å². The topological polar surface area (TPSA) is 36.4 Å². The van der Waals surface area contributed by atoms with E-state index in [4.69, 9.17) is 0 Å². The molecule has 114 valence electrons. The SMILES string of the molecule is OC1=C(c2ccccc2F)SN(CC(F)F)c2ncccc21. The normalized spacial score (nSPS) is 14.5. The highest BCUT2D eigenvalue weighted by Crippen LogP contribution is 2.46. The lowest BCUT2D eigenvalue weighted by molar-refractivity contribution is 0.159. The van der Waals surface area contributed by atoms with Gasteiger partial charge in [-0.15, -0.1) is 0 Å². The monoisotopic (exact) mass is 324 g/mol. The van der Waals surface area contributed by atoms with Crippen molar-refractivity contribution in [1.29, 1.82) is 0 Å². The third-order valence-corrected chi connectivity index (χ3v) is 4.26. The lowest BCUT2D eigenvalue weighted by Crippen LogP contribution is -2.26. The summed E-state index contributed by atoms with van der Waals surface area (Å²) in [6, 6.07) is 9.05. The van der Waals surface area contributed by atoms with E-state index < -0.39 is 18.8 Å². The lowest BCUT2D eigenvalue weighted by Gasteiger charge is -2.29. The molecular formula is C15H11F3N2OS. The Balaban J connectivity index is 2.13. The highest BCUT2D eigenvalue weighted by molar-refractivity contribution is 8.09. The van der Waals surface area contributed by atoms with Gasteiger partial charge in [-0.25, -0.2) is 18.2 Å². The van der Waals surface area contributed by atoms with Crippen LogP contribution in [0.15, 0.2) is 42.6 Å². The van der Waals surface area contributed by atoms with E-state index in [1.807, 2.05) is 0 Å². The standard InChI is InChI=1S/C15H11F3N2OS/c16-11-6-2-1-4-9(11)14-13(21)10-5-3-7-19-15(10)20(22-14)8-12(17)18/h1-7,12,21H,8H2. The molecule has 0 spiro atoms. The second kappa shape index (κ2) is 5.92. The zero-order chi connectivity index (χ0) is 15.7. The number of hydrogen-bond donors (Lipinski definition) is 1. The van der Waals surface area contributed by atoms with Gasteiger partial charge in [0, 0.05) is 11.8 Å². The van der Waals surface area contributed by atoms with Crippen LogP contribution in [0, 0.1) is 5.82 Å². The average molecular weight is 324 g/mol. The largest absolute Gasteiger partial charge is 0.506 e. The number of aliphatic hydroxyl groups excluding tert-OH is 1. The summed E-state index contributed by atoms with van der Waals surface area (Å²) in [5.74, 6) is -0.449. The molecule has 7 heteroatoms. The Kier molecular flexibility index (Phi) is 3.98. The number of aliphatic hydroxyl groups is 1. The van der Waals surface area contributed by atoms with Gasteiger partial charge in [0.05, 0.1) is 17.0 Å². The maximum atomic E-state index is 14.0. The van der Waals surface area contributed by atoms with E-state index in [1.54, 1.807) is 18.2 Å². The molecule has 1 aliphatic heterocycles. The van der Waals surface area contributed by atoms with Crippen LogP contribution in [0.2, 0.25) is 0 Å². The zero-order valence-electron chi connectivity index (χ0n) is 11.2. The van der Waals surface area contributed by atoms with Crippen LogP contribution >= 0.6 is 11.9 Å². The number of alkyl halides is 2. The maximum absolute atomic E-state index is 14.0. The summed E-state index contributed by atoms with van der Waals surface area (Å²) in [5.41, 5.74) is 0.471. The molecule has 2 heterocycles. The Morgan fingerprint density at radius 1 is 1.14 bits per heavy atom. The quantitative estimate of drug-likeness (QED) is 0.852. The summed E-state index contributed by atoms with van der Waals surface area (Å²) in [5, 5.41) is 10.4. The molecule has 0 saturated carbocycles. The molecule has 22 heavy (non-hydrogen) atoms. The van der Waals surface area contributed by atoms with Crippen molar-refractivity contribution in [3.05, 3.63) is 59.5 Å². The van der Waals surface area contributed by atoms with Gasteiger partial charge in [0.25, 0.3) is 6.43 Å². The number of nitrogens with zero attached hydrogens (tertiary/aromatic N) is 2. The number of aromatic nitrogens is 1. The van der Waals surface area contributed by atoms with Crippen LogP contribution in [0.1, 0.15) is 11.1 Å². The van der Waals surface area contributed by atoms with Crippen LogP contribution in [0.25, 0.3) is 10.7 Å². The Hall–Kier alpha value is -2.15. The summed E-state index contributed by atoms with van der Waals surface area (Å²) < 4.78 is 40.8. The van der Waals surface area contributed by atoms with Gasteiger partial charge in [0.2, 0.25) is 0 Å². The predicted octanol–water partition coefficient (Wildman–Crippen LogP) is 4.34. The van der Waals surface area contributed by atoms with Crippen LogP contribution in [-0.4, -0.2) is 23.1 Å². The smallest absolute Gasteiger partial charge is 0.256 e. The number of hydrogen-bond acceptors (Lipinski definition) is 4. The number of fused-ring (bicyclic) bond motifs is 1. The molecule has 1 N–H and O–H groups in total. The van der Waals surface area contributed by atoms with Gasteiger partial charge in [-0.3, -0.25) is 4.31 Å². The van der Waals surface area contributed by atoms with Crippen molar-refractivity contribution in [3.8, 4) is 0 Å². The van der Waals surface area contributed by atoms with Crippen molar-refractivity contribution in [2.45, 2.75) is 6.43 Å². The van der Waals surface area contributed by atoms with Crippen molar-refractivity contribution in [2.24, 2.45) is 0 Å². The molecule has 3 rings (SSSR count). The van der Waals surface area contributed by atoms with Gasteiger partial charge < -0.3 is 5.11 Å². The molecular weight excluding hydrogens is 313 g/mol. The first kappa shape index (κ1) is 14.8. The number of benzene rings is 1. The third-order valence-electron chi connectivity index (χ3n) is 3.12. The van der Waals surface area contributed by atoms with Crippen molar-refractivity contribution >= 4 is 28.4 Å². The second-order valence-electron chi connectivity index (χ2n) is 4.58. The minimum absolute atomic E-state index is 0.163. The first-order chi connectivity index (χ1) is 10.6. The Morgan fingerprint density at radius 3 is 2.59 bits per heavy atom. The molecule has 0 unspecified atom stereocenters. The van der Waals surface area contributed by atoms with Gasteiger partial charge in [0.1, 0.15) is 17.4 Å². The number of pyridine rings is 1. The van der Waals surface area contributed by atoms with E-state index in [0.29, 0.717) is 5.56 Å². The molecule has 1 aliphatic rings. The first-order valence-electron chi connectivity index (χ1n) is 6.45. The zero-order valence-corrected chi connectivity index (χ0v) is 12.0. The molecule has 1 aromatic heterocycles. The van der Waals surface area contributed by atoms with E-state index in [1.165, 1.54) is 28.7 Å². The fourth-order valence-electron chi connectivity index (χ4n) is 2.17. The Morgan fingerprint density at radius 2 is 1.86 bits per heavy atom. The van der Waals surface area contributed by atoms with Crippen molar-refractivity contribution in [2.75, 3.05) is 10.8 Å². The Bertz CT molecular complexity index is 736. The number of rotatable bonds is 3. The maximum Gasteiger partial charge on any atom is 0.256 e. The highest BCUT2D eigenvalue weighted by atomic mass is 32.2. The molecule has 2 aromatic rings. The van der Waals surface area contributed by atoms with E-state index >= 15 is 0 Å². The molecule has 0 aliphatic carbocycles. The lowest BCUT2D eigenvalue weighted by atomic mass is 10.1. The highest BCUT2D eigenvalue weighted by Gasteiger charge is 2.30. The summed E-state index contributed by atoms with van der Waals surface area (Å²) in [6.45, 7) is -0.570. The number of halogens is 3. The summed E-state index contributed by atoms with van der Waals surface area (Å²) in [7, 11) is 0. The molecule has 0 amide bonds. The van der Waals surface area contributed by atoms with Crippen molar-refractivity contribution in [3.63, 3.8) is 0 Å². The van der Waals surface area contributed by atoms with Crippen LogP contribution in [-0.2, 0) is 0 Å². The van der Waals surface area contributed by atoms with E-state index in [9.17, 15) is 18.3 Å². The first-order valence-corrected chi connectivity index (χ1v) is 7.22. The van der Waals surface area contributed by atoms with Gasteiger partial charge >= 0.3 is 0 Å². The molecule has 0 bridgehead atoms. The molecule has 0 saturated heterocycles. The van der Waals surface area contributed by atoms with Crippen LogP contribution in [0.3, 0.4) is 0 Å². The fraction of sp³-hybridized carbons (Fsp3) is 0.133. The predicted molar refractivity (Wildman–Crippen MR) is 81.0 cm³/mol. The van der Waals surface area contributed by atoms with Gasteiger partial charge in [0.15, 0.2) is 0 Å². The van der Waals surface area contributed by atoms with Crippen LogP contribution in [0.5, 0.6) is 0 Å². The third kappa shape index (κ3) is 2.64. The van der Waals surface area contributed by atoms with E-state index in [-0.39, 0.29) is 22.0 Å². The van der Waals surface area contributed by atoms with Crippen molar-refractivity contribution in [1.82, 2.24) is 4.98 Å². The van der Waals surface area contributed by atoms with E-state index in [0.717, 1.165) is 11.9 Å². The second-order valence-corrected chi connectivity index (χ2v) is 5.61. The minimum atomic E-state index is -2.58. The van der Waals surface area contributed by atoms with Crippen LogP contribution in [0.4, 0.5) is 19.0 Å². The van der Waals surface area contributed by atoms with Gasteiger partial charge in [-0.1, -0.05) is 18.2 Å².